The Hall–Kier alpha value is -2.58. The zero-order valence-corrected chi connectivity index (χ0v) is 25.8. The van der Waals surface area contributed by atoms with Gasteiger partial charge >= 0.3 is 5.97 Å². The number of esters is 1. The van der Waals surface area contributed by atoms with Crippen molar-refractivity contribution in [1.82, 2.24) is 4.90 Å². The van der Waals surface area contributed by atoms with Crippen molar-refractivity contribution in [3.8, 4) is 0 Å². The standard InChI is InChI=1S/C33H46N2O5S/c1-7-10-11-12-18-40-32(39)27-26-15-16-33(41-26)28(27)30(37)35(25(20-36)22(5)9-3)29(33)31(38)34(17-8-2)24-19-21(4)13-14-23(24)6/h7-8,13-14,19,22,25-29,36H,1-2,9-12,15-18,20H2,3-6H3/t22-,25-,26+,27-,28-,29?,33?/m0/s1. The van der Waals surface area contributed by atoms with Crippen molar-refractivity contribution < 1.29 is 24.2 Å². The van der Waals surface area contributed by atoms with E-state index in [4.69, 9.17) is 4.74 Å². The molecule has 7 atom stereocenters. The Balaban J connectivity index is 1.76. The number of fused-ring (bicyclic) bond motifs is 1. The predicted octanol–water partition coefficient (Wildman–Crippen LogP) is 5.22. The van der Waals surface area contributed by atoms with Crippen LogP contribution in [-0.2, 0) is 19.1 Å². The van der Waals surface area contributed by atoms with Gasteiger partial charge in [0.05, 0.1) is 35.8 Å². The summed E-state index contributed by atoms with van der Waals surface area (Å²) in [4.78, 5) is 46.2. The summed E-state index contributed by atoms with van der Waals surface area (Å²) in [5.41, 5.74) is 2.78. The molecular weight excluding hydrogens is 536 g/mol. The first-order valence-corrected chi connectivity index (χ1v) is 15.9. The molecule has 3 heterocycles. The van der Waals surface area contributed by atoms with Crippen LogP contribution in [0.2, 0.25) is 0 Å². The quantitative estimate of drug-likeness (QED) is 0.184. The number of amides is 2. The minimum atomic E-state index is -0.800. The van der Waals surface area contributed by atoms with Gasteiger partial charge < -0.3 is 19.6 Å². The highest BCUT2D eigenvalue weighted by atomic mass is 32.2. The Labute approximate surface area is 249 Å². The van der Waals surface area contributed by atoms with E-state index in [-0.39, 0.29) is 35.6 Å². The summed E-state index contributed by atoms with van der Waals surface area (Å²) in [5.74, 6) is -1.99. The zero-order valence-electron chi connectivity index (χ0n) is 25.0. The molecule has 3 aliphatic heterocycles. The van der Waals surface area contributed by atoms with Gasteiger partial charge in [0.25, 0.3) is 5.91 Å². The summed E-state index contributed by atoms with van der Waals surface area (Å²) >= 11 is 1.63. The Kier molecular flexibility index (Phi) is 10.1. The maximum atomic E-state index is 14.8. The van der Waals surface area contributed by atoms with Crippen molar-refractivity contribution in [2.75, 3.05) is 24.7 Å². The molecule has 2 bridgehead atoms. The molecule has 7 nitrogen and oxygen atoms in total. The van der Waals surface area contributed by atoms with Gasteiger partial charge in [0.2, 0.25) is 5.91 Å². The van der Waals surface area contributed by atoms with E-state index in [0.29, 0.717) is 19.6 Å². The second-order valence-electron chi connectivity index (χ2n) is 11.9. The van der Waals surface area contributed by atoms with Crippen LogP contribution in [0.1, 0.15) is 63.5 Å². The van der Waals surface area contributed by atoms with Crippen LogP contribution in [0.3, 0.4) is 0 Å². The molecule has 2 unspecified atom stereocenters. The number of nitrogens with zero attached hydrogens (tertiary/aromatic N) is 2. The molecule has 2 amide bonds. The summed E-state index contributed by atoms with van der Waals surface area (Å²) in [7, 11) is 0. The molecule has 4 rings (SSSR count). The SMILES string of the molecule is C=CCCCCOC(=O)[C@@H]1[C@H]2C(=O)N([C@@H](CO)[C@@H](C)CC)C(C(=O)N(CC=C)c3cc(C)ccc3C)C23CC[C@H]1S3. The van der Waals surface area contributed by atoms with Crippen LogP contribution >= 0.6 is 11.8 Å². The molecular formula is C33H46N2O5S. The molecule has 1 aromatic carbocycles. The second kappa shape index (κ2) is 13.2. The minimum Gasteiger partial charge on any atom is -0.465 e. The fourth-order valence-electron chi connectivity index (χ4n) is 7.06. The number of thioether (sulfide) groups is 1. The van der Waals surface area contributed by atoms with Crippen molar-refractivity contribution >= 4 is 35.2 Å². The third-order valence-electron chi connectivity index (χ3n) is 9.37. The number of aliphatic hydroxyl groups is 1. The summed E-state index contributed by atoms with van der Waals surface area (Å²) in [6, 6.07) is 4.69. The van der Waals surface area contributed by atoms with Crippen LogP contribution in [0.4, 0.5) is 5.69 Å². The van der Waals surface area contributed by atoms with E-state index in [0.717, 1.165) is 48.9 Å². The number of carbonyl (C=O) groups is 3. The third-order valence-corrected chi connectivity index (χ3v) is 11.3. The van der Waals surface area contributed by atoms with E-state index in [2.05, 4.69) is 13.2 Å². The number of aliphatic hydroxyl groups excluding tert-OH is 1. The molecule has 8 heteroatoms. The number of allylic oxidation sites excluding steroid dienone is 1. The Morgan fingerprint density at radius 2 is 2.02 bits per heavy atom. The lowest BCUT2D eigenvalue weighted by atomic mass is 9.71. The lowest BCUT2D eigenvalue weighted by Crippen LogP contribution is -2.58. The van der Waals surface area contributed by atoms with Gasteiger partial charge in [0, 0.05) is 17.5 Å². The van der Waals surface area contributed by atoms with Crippen LogP contribution in [0, 0.1) is 31.6 Å². The van der Waals surface area contributed by atoms with Crippen molar-refractivity contribution in [2.45, 2.75) is 88.3 Å². The summed E-state index contributed by atoms with van der Waals surface area (Å²) in [5, 5.41) is 10.5. The fraction of sp³-hybridized carbons (Fsp3) is 0.606. The van der Waals surface area contributed by atoms with Crippen molar-refractivity contribution in [3.63, 3.8) is 0 Å². The highest BCUT2D eigenvalue weighted by molar-refractivity contribution is 8.02. The normalized spacial score (nSPS) is 27.8. The first-order chi connectivity index (χ1) is 19.7. The lowest BCUT2D eigenvalue weighted by molar-refractivity contribution is -0.155. The smallest absolute Gasteiger partial charge is 0.310 e. The molecule has 3 fully saturated rings. The Morgan fingerprint density at radius 1 is 1.27 bits per heavy atom. The number of hydrogen-bond acceptors (Lipinski definition) is 6. The van der Waals surface area contributed by atoms with Gasteiger partial charge in [-0.25, -0.2) is 0 Å². The molecule has 3 saturated heterocycles. The van der Waals surface area contributed by atoms with Crippen LogP contribution in [0.5, 0.6) is 0 Å². The number of aryl methyl sites for hydroxylation is 2. The summed E-state index contributed by atoms with van der Waals surface area (Å²) < 4.78 is 4.99. The van der Waals surface area contributed by atoms with E-state index in [1.54, 1.807) is 27.6 Å². The Morgan fingerprint density at radius 3 is 2.68 bits per heavy atom. The van der Waals surface area contributed by atoms with Crippen LogP contribution < -0.4 is 4.90 Å². The molecule has 0 radical (unpaired) electrons. The summed E-state index contributed by atoms with van der Waals surface area (Å²) in [6.07, 6.45) is 8.22. The average molecular weight is 583 g/mol. The summed E-state index contributed by atoms with van der Waals surface area (Å²) in [6.45, 7) is 16.0. The predicted molar refractivity (Wildman–Crippen MR) is 165 cm³/mol. The van der Waals surface area contributed by atoms with Crippen LogP contribution in [-0.4, -0.2) is 69.6 Å². The van der Waals surface area contributed by atoms with E-state index in [9.17, 15) is 19.5 Å². The van der Waals surface area contributed by atoms with Gasteiger partial charge in [-0.3, -0.25) is 14.4 Å². The van der Waals surface area contributed by atoms with E-state index in [1.165, 1.54) is 0 Å². The van der Waals surface area contributed by atoms with E-state index >= 15 is 0 Å². The lowest BCUT2D eigenvalue weighted by Gasteiger charge is -2.41. The topological polar surface area (TPSA) is 87.1 Å². The van der Waals surface area contributed by atoms with Gasteiger partial charge in [0.15, 0.2) is 0 Å². The maximum Gasteiger partial charge on any atom is 0.310 e. The van der Waals surface area contributed by atoms with Crippen molar-refractivity contribution in [1.29, 1.82) is 0 Å². The molecule has 0 saturated carbocycles. The molecule has 3 aliphatic rings. The maximum absolute atomic E-state index is 14.8. The van der Waals surface area contributed by atoms with Crippen LogP contribution in [0.15, 0.2) is 43.5 Å². The molecule has 1 N–H and O–H groups in total. The van der Waals surface area contributed by atoms with Crippen molar-refractivity contribution in [3.05, 3.63) is 54.6 Å². The molecule has 0 aliphatic carbocycles. The first kappa shape index (κ1) is 31.4. The number of unbranched alkanes of at least 4 members (excludes halogenated alkanes) is 2. The van der Waals surface area contributed by atoms with Gasteiger partial charge in [-0.2, -0.15) is 0 Å². The molecule has 0 aromatic heterocycles. The highest BCUT2D eigenvalue weighted by Gasteiger charge is 2.75. The fourth-order valence-corrected chi connectivity index (χ4v) is 9.25. The number of benzene rings is 1. The van der Waals surface area contributed by atoms with Crippen molar-refractivity contribution in [2.24, 2.45) is 17.8 Å². The Bertz CT molecular complexity index is 1170. The average Bonchev–Trinajstić information content (AvgIpc) is 3.60. The van der Waals surface area contributed by atoms with Gasteiger partial charge in [-0.05, 0) is 69.1 Å². The highest BCUT2D eigenvalue weighted by Crippen LogP contribution is 2.67. The molecule has 41 heavy (non-hydrogen) atoms. The molecule has 1 spiro atoms. The number of hydrogen-bond donors (Lipinski definition) is 1. The first-order valence-electron chi connectivity index (χ1n) is 15.0. The van der Waals surface area contributed by atoms with Crippen LogP contribution in [0.25, 0.3) is 0 Å². The number of anilines is 1. The van der Waals surface area contributed by atoms with E-state index in [1.807, 2.05) is 52.0 Å². The van der Waals surface area contributed by atoms with Gasteiger partial charge in [0.1, 0.15) is 6.04 Å². The number of likely N-dealkylation sites (tertiary alicyclic amines) is 1. The number of rotatable bonds is 14. The van der Waals surface area contributed by atoms with Gasteiger partial charge in [-0.15, -0.1) is 24.9 Å². The third kappa shape index (κ3) is 5.62. The molecule has 224 valence electrons. The largest absolute Gasteiger partial charge is 0.465 e. The zero-order chi connectivity index (χ0) is 29.9. The molecule has 1 aromatic rings. The number of carbonyl (C=O) groups excluding carboxylic acids is 3. The second-order valence-corrected chi connectivity index (χ2v) is 13.5. The van der Waals surface area contributed by atoms with E-state index < -0.39 is 28.7 Å². The monoisotopic (exact) mass is 582 g/mol. The van der Waals surface area contributed by atoms with Gasteiger partial charge in [-0.1, -0.05) is 44.6 Å². The number of ether oxygens (including phenoxy) is 1. The minimum absolute atomic E-state index is 0.0273.